The summed E-state index contributed by atoms with van der Waals surface area (Å²) in [4.78, 5) is 38.6. The number of benzene rings is 1. The van der Waals surface area contributed by atoms with Crippen LogP contribution in [0.1, 0.15) is 42.1 Å². The quantitative estimate of drug-likeness (QED) is 0.681. The number of piperidine rings is 1. The summed E-state index contributed by atoms with van der Waals surface area (Å²) < 4.78 is 0. The molecule has 1 fully saturated rings. The topological polar surface area (TPSA) is 66.5 Å². The van der Waals surface area contributed by atoms with Crippen molar-refractivity contribution in [2.45, 2.75) is 43.7 Å². The smallest absolute Gasteiger partial charge is 0.255 e. The van der Waals surface area contributed by atoms with Crippen LogP contribution in [0.15, 0.2) is 23.1 Å². The molecule has 2 heterocycles. The van der Waals surface area contributed by atoms with Crippen LogP contribution in [0.4, 0.5) is 0 Å². The highest BCUT2D eigenvalue weighted by molar-refractivity contribution is 7.99. The van der Waals surface area contributed by atoms with Crippen LogP contribution < -0.4 is 5.32 Å². The largest absolute Gasteiger partial charge is 0.322 e. The fraction of sp³-hybridized carbons (Fsp3) is 0.438. The molecule has 1 aromatic rings. The molecule has 2 aliphatic rings. The Hall–Kier alpha value is -1.82. The van der Waals surface area contributed by atoms with Gasteiger partial charge in [-0.15, -0.1) is 11.8 Å². The number of nitrogens with zero attached hydrogens (tertiary/aromatic N) is 1. The molecule has 22 heavy (non-hydrogen) atoms. The van der Waals surface area contributed by atoms with Gasteiger partial charge in [-0.25, -0.2) is 0 Å². The maximum Gasteiger partial charge on any atom is 0.255 e. The monoisotopic (exact) mass is 318 g/mol. The summed E-state index contributed by atoms with van der Waals surface area (Å²) in [5.41, 5.74) is 1.70. The maximum absolute atomic E-state index is 12.6. The van der Waals surface area contributed by atoms with Gasteiger partial charge in [0.25, 0.3) is 5.91 Å². The lowest BCUT2D eigenvalue weighted by atomic mass is 10.0. The van der Waals surface area contributed by atoms with Crippen molar-refractivity contribution in [2.24, 2.45) is 0 Å². The third kappa shape index (κ3) is 2.63. The Morgan fingerprint density at radius 3 is 2.86 bits per heavy atom. The Balaban J connectivity index is 1.84. The van der Waals surface area contributed by atoms with Gasteiger partial charge in [0.05, 0.1) is 0 Å². The molecule has 0 radical (unpaired) electrons. The van der Waals surface area contributed by atoms with E-state index in [2.05, 4.69) is 12.2 Å². The second-order valence-corrected chi connectivity index (χ2v) is 6.67. The van der Waals surface area contributed by atoms with Crippen LogP contribution in [0.25, 0.3) is 0 Å². The molecule has 0 bridgehead atoms. The third-order valence-corrected chi connectivity index (χ3v) is 5.31. The van der Waals surface area contributed by atoms with Gasteiger partial charge in [-0.05, 0) is 36.3 Å². The fourth-order valence-electron chi connectivity index (χ4n) is 2.90. The number of hydrogen-bond donors (Lipinski definition) is 1. The number of amides is 3. The summed E-state index contributed by atoms with van der Waals surface area (Å²) in [7, 11) is 0. The molecule has 5 nitrogen and oxygen atoms in total. The van der Waals surface area contributed by atoms with E-state index in [1.807, 2.05) is 18.2 Å². The molecule has 1 aromatic carbocycles. The van der Waals surface area contributed by atoms with E-state index in [0.717, 1.165) is 22.6 Å². The van der Waals surface area contributed by atoms with Gasteiger partial charge in [-0.3, -0.25) is 19.7 Å². The number of carbonyl (C=O) groups is 3. The molecule has 1 atom stereocenters. The van der Waals surface area contributed by atoms with Gasteiger partial charge < -0.3 is 4.90 Å². The molecular weight excluding hydrogens is 300 g/mol. The second-order valence-electron chi connectivity index (χ2n) is 5.53. The van der Waals surface area contributed by atoms with Crippen molar-refractivity contribution in [3.63, 3.8) is 0 Å². The van der Waals surface area contributed by atoms with E-state index < -0.39 is 6.04 Å². The van der Waals surface area contributed by atoms with Gasteiger partial charge in [0.1, 0.15) is 6.04 Å². The maximum atomic E-state index is 12.6. The van der Waals surface area contributed by atoms with E-state index in [1.165, 1.54) is 0 Å². The van der Waals surface area contributed by atoms with Crippen molar-refractivity contribution in [2.75, 3.05) is 5.75 Å². The van der Waals surface area contributed by atoms with Crippen LogP contribution in [0.3, 0.4) is 0 Å². The van der Waals surface area contributed by atoms with Crippen molar-refractivity contribution in [3.05, 3.63) is 29.3 Å². The number of thioether (sulfide) groups is 1. The highest BCUT2D eigenvalue weighted by Crippen LogP contribution is 2.34. The molecule has 0 saturated carbocycles. The van der Waals surface area contributed by atoms with Crippen LogP contribution >= 0.6 is 11.8 Å². The molecule has 0 aliphatic carbocycles. The molecule has 0 spiro atoms. The van der Waals surface area contributed by atoms with E-state index in [9.17, 15) is 14.4 Å². The molecule has 3 amide bonds. The number of hydrogen-bond acceptors (Lipinski definition) is 4. The van der Waals surface area contributed by atoms with Crippen molar-refractivity contribution in [1.82, 2.24) is 10.2 Å². The summed E-state index contributed by atoms with van der Waals surface area (Å²) in [6, 6.07) is 5.20. The first-order chi connectivity index (χ1) is 10.6. The lowest BCUT2D eigenvalue weighted by Crippen LogP contribution is -2.52. The van der Waals surface area contributed by atoms with Crippen LogP contribution in [0, 0.1) is 0 Å². The summed E-state index contributed by atoms with van der Waals surface area (Å²) in [5, 5.41) is 2.33. The number of carbonyl (C=O) groups excluding carboxylic acids is 3. The van der Waals surface area contributed by atoms with Gasteiger partial charge in [-0.2, -0.15) is 0 Å². The molecule has 1 unspecified atom stereocenters. The van der Waals surface area contributed by atoms with Crippen molar-refractivity contribution in [3.8, 4) is 0 Å². The van der Waals surface area contributed by atoms with Crippen molar-refractivity contribution in [1.29, 1.82) is 0 Å². The minimum absolute atomic E-state index is 0.108. The van der Waals surface area contributed by atoms with Gasteiger partial charge in [0.2, 0.25) is 11.8 Å². The van der Waals surface area contributed by atoms with E-state index in [0.29, 0.717) is 18.5 Å². The first kappa shape index (κ1) is 15.1. The van der Waals surface area contributed by atoms with E-state index in [1.54, 1.807) is 16.7 Å². The normalized spacial score (nSPS) is 21.0. The number of fused-ring (bicyclic) bond motifs is 1. The summed E-state index contributed by atoms with van der Waals surface area (Å²) in [5.74, 6) is 0.275. The predicted molar refractivity (Wildman–Crippen MR) is 83.5 cm³/mol. The summed E-state index contributed by atoms with van der Waals surface area (Å²) in [6.07, 6.45) is 1.76. The zero-order chi connectivity index (χ0) is 15.7. The standard InChI is InChI=1S/C16H18N2O3S/c1-2-8-22-13-5-3-4-10-11(13)9-18(16(10)21)12-6-7-14(19)17-15(12)20/h3-5,12H,2,6-9H2,1H3,(H,17,19,20). The van der Waals surface area contributed by atoms with E-state index in [4.69, 9.17) is 0 Å². The molecule has 2 aliphatic heterocycles. The first-order valence-corrected chi connectivity index (χ1v) is 8.49. The first-order valence-electron chi connectivity index (χ1n) is 7.51. The average Bonchev–Trinajstić information content (AvgIpc) is 2.83. The zero-order valence-electron chi connectivity index (χ0n) is 12.4. The molecule has 6 heteroatoms. The summed E-state index contributed by atoms with van der Waals surface area (Å²) in [6.45, 7) is 2.57. The van der Waals surface area contributed by atoms with E-state index >= 15 is 0 Å². The van der Waals surface area contributed by atoms with Crippen LogP contribution in [-0.2, 0) is 16.1 Å². The Kier molecular flexibility index (Phi) is 4.20. The number of rotatable bonds is 4. The van der Waals surface area contributed by atoms with Crippen LogP contribution in [0.5, 0.6) is 0 Å². The molecule has 116 valence electrons. The minimum Gasteiger partial charge on any atom is -0.322 e. The van der Waals surface area contributed by atoms with Gasteiger partial charge in [-0.1, -0.05) is 13.0 Å². The molecule has 3 rings (SSSR count). The lowest BCUT2D eigenvalue weighted by molar-refractivity contribution is -0.136. The fourth-order valence-corrected chi connectivity index (χ4v) is 3.85. The molecule has 1 saturated heterocycles. The van der Waals surface area contributed by atoms with Crippen molar-refractivity contribution < 1.29 is 14.4 Å². The van der Waals surface area contributed by atoms with Gasteiger partial charge in [0, 0.05) is 23.4 Å². The number of nitrogens with one attached hydrogen (secondary N) is 1. The Labute approximate surface area is 133 Å². The molecule has 1 N–H and O–H groups in total. The lowest BCUT2D eigenvalue weighted by Gasteiger charge is -2.29. The predicted octanol–water partition coefficient (Wildman–Crippen LogP) is 1.95. The molecular formula is C16H18N2O3S. The highest BCUT2D eigenvalue weighted by atomic mass is 32.2. The Morgan fingerprint density at radius 1 is 1.32 bits per heavy atom. The zero-order valence-corrected chi connectivity index (χ0v) is 13.2. The van der Waals surface area contributed by atoms with Crippen molar-refractivity contribution >= 4 is 29.5 Å². The summed E-state index contributed by atoms with van der Waals surface area (Å²) >= 11 is 1.74. The second kappa shape index (κ2) is 6.12. The van der Waals surface area contributed by atoms with Gasteiger partial charge in [0.15, 0.2) is 0 Å². The third-order valence-electron chi connectivity index (χ3n) is 4.00. The highest BCUT2D eigenvalue weighted by Gasteiger charge is 2.39. The Bertz CT molecular complexity index is 644. The van der Waals surface area contributed by atoms with Crippen LogP contribution in [0.2, 0.25) is 0 Å². The average molecular weight is 318 g/mol. The van der Waals surface area contributed by atoms with Gasteiger partial charge >= 0.3 is 0 Å². The SMILES string of the molecule is CCCSc1cccc2c1CN(C1CCC(=O)NC1=O)C2=O. The number of imide groups is 1. The Morgan fingerprint density at radius 2 is 2.14 bits per heavy atom. The molecule has 0 aromatic heterocycles. The minimum atomic E-state index is -0.540. The van der Waals surface area contributed by atoms with E-state index in [-0.39, 0.29) is 24.1 Å². The van der Waals surface area contributed by atoms with Crippen LogP contribution in [-0.4, -0.2) is 34.4 Å².